The maximum absolute atomic E-state index is 5.51. The van der Waals surface area contributed by atoms with Crippen molar-refractivity contribution in [2.45, 2.75) is 19.8 Å². The van der Waals surface area contributed by atoms with E-state index in [4.69, 9.17) is 10.5 Å². The minimum atomic E-state index is 0.609. The van der Waals surface area contributed by atoms with Crippen molar-refractivity contribution in [1.29, 1.82) is 0 Å². The van der Waals surface area contributed by atoms with E-state index in [9.17, 15) is 0 Å². The van der Waals surface area contributed by atoms with Gasteiger partial charge in [-0.25, -0.2) is 0 Å². The zero-order valence-electron chi connectivity index (χ0n) is 10.6. The summed E-state index contributed by atoms with van der Waals surface area (Å²) in [5.74, 6) is 0.924. The van der Waals surface area contributed by atoms with Crippen LogP contribution in [0.1, 0.15) is 17.5 Å². The van der Waals surface area contributed by atoms with E-state index < -0.39 is 0 Å². The summed E-state index contributed by atoms with van der Waals surface area (Å²) in [6.45, 7) is 2.72. The third kappa shape index (κ3) is 2.68. The van der Waals surface area contributed by atoms with Crippen LogP contribution in [0.5, 0.6) is 5.75 Å². The van der Waals surface area contributed by atoms with E-state index in [0.29, 0.717) is 6.54 Å². The van der Waals surface area contributed by atoms with Gasteiger partial charge in [0.25, 0.3) is 0 Å². The summed E-state index contributed by atoms with van der Waals surface area (Å²) in [6, 6.07) is 6.12. The maximum Gasteiger partial charge on any atom is 0.147 e. The third-order valence-corrected chi connectivity index (χ3v) is 3.77. The second kappa shape index (κ2) is 5.93. The Morgan fingerprint density at radius 2 is 2.17 bits per heavy atom. The number of benzene rings is 1. The molecule has 1 heterocycles. The molecule has 96 valence electrons. The molecule has 0 bridgehead atoms. The van der Waals surface area contributed by atoms with Crippen LogP contribution in [0.4, 0.5) is 0 Å². The molecule has 0 unspecified atom stereocenters. The number of aromatic nitrogens is 2. The number of nitrogens with zero attached hydrogens (tertiary/aromatic N) is 2. The highest BCUT2D eigenvalue weighted by Gasteiger charge is 2.09. The SMILES string of the molecule is CCc1cc(-c2nnc(CCN)s2)ccc1OC. The standard InChI is InChI=1S/C13H17N3OS/c1-3-9-8-10(4-5-11(9)17-2)13-16-15-12(18-13)6-7-14/h4-5,8H,3,6-7,14H2,1-2H3. The average molecular weight is 263 g/mol. The molecule has 0 aliphatic carbocycles. The molecule has 0 aliphatic heterocycles. The van der Waals surface area contributed by atoms with Crippen LogP contribution in [-0.2, 0) is 12.8 Å². The average Bonchev–Trinajstić information content (AvgIpc) is 2.87. The van der Waals surface area contributed by atoms with Gasteiger partial charge in [0, 0.05) is 12.0 Å². The minimum absolute atomic E-state index is 0.609. The highest BCUT2D eigenvalue weighted by molar-refractivity contribution is 7.14. The molecule has 18 heavy (non-hydrogen) atoms. The lowest BCUT2D eigenvalue weighted by atomic mass is 10.1. The van der Waals surface area contributed by atoms with E-state index in [2.05, 4.69) is 23.2 Å². The van der Waals surface area contributed by atoms with Crippen molar-refractivity contribution in [1.82, 2.24) is 10.2 Å². The molecule has 5 heteroatoms. The molecular formula is C13H17N3OS. The smallest absolute Gasteiger partial charge is 0.147 e. The lowest BCUT2D eigenvalue weighted by Gasteiger charge is -2.07. The molecule has 2 N–H and O–H groups in total. The zero-order chi connectivity index (χ0) is 13.0. The molecule has 0 radical (unpaired) electrons. The van der Waals surface area contributed by atoms with Gasteiger partial charge in [0.2, 0.25) is 0 Å². The van der Waals surface area contributed by atoms with E-state index in [1.54, 1.807) is 18.4 Å². The van der Waals surface area contributed by atoms with Gasteiger partial charge in [-0.1, -0.05) is 18.3 Å². The summed E-state index contributed by atoms with van der Waals surface area (Å²) < 4.78 is 5.32. The van der Waals surface area contributed by atoms with Crippen molar-refractivity contribution in [3.63, 3.8) is 0 Å². The van der Waals surface area contributed by atoms with Crippen LogP contribution in [0.3, 0.4) is 0 Å². The number of hydrogen-bond donors (Lipinski definition) is 1. The Morgan fingerprint density at radius 3 is 2.83 bits per heavy atom. The van der Waals surface area contributed by atoms with E-state index in [1.807, 2.05) is 12.1 Å². The number of nitrogens with two attached hydrogens (primary N) is 1. The van der Waals surface area contributed by atoms with E-state index in [1.165, 1.54) is 5.56 Å². The van der Waals surface area contributed by atoms with Gasteiger partial charge in [-0.2, -0.15) is 0 Å². The predicted molar refractivity (Wildman–Crippen MR) is 74.0 cm³/mol. The fourth-order valence-electron chi connectivity index (χ4n) is 1.78. The zero-order valence-corrected chi connectivity index (χ0v) is 11.5. The summed E-state index contributed by atoms with van der Waals surface area (Å²) in [5.41, 5.74) is 7.79. The maximum atomic E-state index is 5.51. The molecular weight excluding hydrogens is 246 g/mol. The minimum Gasteiger partial charge on any atom is -0.496 e. The van der Waals surface area contributed by atoms with Gasteiger partial charge in [0.1, 0.15) is 15.8 Å². The summed E-state index contributed by atoms with van der Waals surface area (Å²) in [4.78, 5) is 0. The van der Waals surface area contributed by atoms with Gasteiger partial charge >= 0.3 is 0 Å². The predicted octanol–water partition coefficient (Wildman–Crippen LogP) is 2.28. The van der Waals surface area contributed by atoms with Gasteiger partial charge in [-0.3, -0.25) is 0 Å². The van der Waals surface area contributed by atoms with Crippen molar-refractivity contribution in [3.05, 3.63) is 28.8 Å². The Kier molecular flexibility index (Phi) is 4.28. The summed E-state index contributed by atoms with van der Waals surface area (Å²) in [6.07, 6.45) is 1.72. The second-order valence-electron chi connectivity index (χ2n) is 3.92. The Hall–Kier alpha value is -1.46. The molecule has 0 saturated carbocycles. The number of methoxy groups -OCH3 is 1. The molecule has 1 aromatic carbocycles. The fourth-order valence-corrected chi connectivity index (χ4v) is 2.63. The number of rotatable bonds is 5. The van der Waals surface area contributed by atoms with Gasteiger partial charge < -0.3 is 10.5 Å². The molecule has 0 fully saturated rings. The van der Waals surface area contributed by atoms with Crippen LogP contribution >= 0.6 is 11.3 Å². The van der Waals surface area contributed by atoms with Gasteiger partial charge in [0.05, 0.1) is 7.11 Å². The summed E-state index contributed by atoms with van der Waals surface area (Å²) >= 11 is 1.60. The number of ether oxygens (including phenoxy) is 1. The van der Waals surface area contributed by atoms with Crippen LogP contribution in [0, 0.1) is 0 Å². The van der Waals surface area contributed by atoms with Crippen molar-refractivity contribution in [2.24, 2.45) is 5.73 Å². The molecule has 0 saturated heterocycles. The van der Waals surface area contributed by atoms with E-state index in [-0.39, 0.29) is 0 Å². The normalized spacial score (nSPS) is 10.6. The Bertz CT molecular complexity index is 525. The highest BCUT2D eigenvalue weighted by Crippen LogP contribution is 2.29. The van der Waals surface area contributed by atoms with Crippen LogP contribution in [0.25, 0.3) is 10.6 Å². The Labute approximate surface area is 111 Å². The van der Waals surface area contributed by atoms with Crippen molar-refractivity contribution in [3.8, 4) is 16.3 Å². The lowest BCUT2D eigenvalue weighted by Crippen LogP contribution is -2.01. The highest BCUT2D eigenvalue weighted by atomic mass is 32.1. The quantitative estimate of drug-likeness (QED) is 0.899. The molecule has 1 aromatic heterocycles. The van der Waals surface area contributed by atoms with Crippen LogP contribution < -0.4 is 10.5 Å². The first-order chi connectivity index (χ1) is 8.78. The summed E-state index contributed by atoms with van der Waals surface area (Å²) in [7, 11) is 1.69. The van der Waals surface area contributed by atoms with Crippen molar-refractivity contribution < 1.29 is 4.74 Å². The van der Waals surface area contributed by atoms with E-state index in [0.717, 1.165) is 34.2 Å². The largest absolute Gasteiger partial charge is 0.496 e. The Morgan fingerprint density at radius 1 is 1.33 bits per heavy atom. The second-order valence-corrected chi connectivity index (χ2v) is 4.98. The lowest BCUT2D eigenvalue weighted by molar-refractivity contribution is 0.410. The molecule has 2 aromatic rings. The monoisotopic (exact) mass is 263 g/mol. The molecule has 0 atom stereocenters. The summed E-state index contributed by atoms with van der Waals surface area (Å²) in [5, 5.41) is 10.3. The molecule has 2 rings (SSSR count). The number of aryl methyl sites for hydroxylation is 1. The molecule has 0 amide bonds. The van der Waals surface area contributed by atoms with E-state index >= 15 is 0 Å². The Balaban J connectivity index is 2.31. The van der Waals surface area contributed by atoms with Crippen molar-refractivity contribution in [2.75, 3.05) is 13.7 Å². The first kappa shape index (κ1) is 13.0. The molecule has 0 aliphatic rings. The topological polar surface area (TPSA) is 61.0 Å². The fraction of sp³-hybridized carbons (Fsp3) is 0.385. The van der Waals surface area contributed by atoms with Crippen molar-refractivity contribution >= 4 is 11.3 Å². The molecule has 4 nitrogen and oxygen atoms in total. The molecule has 0 spiro atoms. The van der Waals surface area contributed by atoms with Gasteiger partial charge in [-0.15, -0.1) is 10.2 Å². The van der Waals surface area contributed by atoms with Gasteiger partial charge in [-0.05, 0) is 36.7 Å². The van der Waals surface area contributed by atoms with Crippen LogP contribution in [-0.4, -0.2) is 23.9 Å². The van der Waals surface area contributed by atoms with Gasteiger partial charge in [0.15, 0.2) is 0 Å². The third-order valence-electron chi connectivity index (χ3n) is 2.73. The van der Waals surface area contributed by atoms with Crippen LogP contribution in [0.2, 0.25) is 0 Å². The van der Waals surface area contributed by atoms with Crippen LogP contribution in [0.15, 0.2) is 18.2 Å². The first-order valence-electron chi connectivity index (χ1n) is 5.98. The number of hydrogen-bond acceptors (Lipinski definition) is 5. The first-order valence-corrected chi connectivity index (χ1v) is 6.79.